The molecule has 0 spiro atoms. The maximum Gasteiger partial charge on any atom is 0.120 e. The highest BCUT2D eigenvalue weighted by molar-refractivity contribution is 5.28. The average Bonchev–Trinajstić information content (AvgIpc) is 2.91. The maximum absolute atomic E-state index is 5.68. The van der Waals surface area contributed by atoms with Crippen molar-refractivity contribution in [1.82, 2.24) is 20.3 Å². The van der Waals surface area contributed by atoms with E-state index < -0.39 is 0 Å². The molecular formula is C15H22N4O. The Labute approximate surface area is 120 Å². The Balaban J connectivity index is 1.68. The van der Waals surface area contributed by atoms with Crippen molar-refractivity contribution in [3.05, 3.63) is 42.2 Å². The van der Waals surface area contributed by atoms with Gasteiger partial charge >= 0.3 is 0 Å². The van der Waals surface area contributed by atoms with Crippen molar-refractivity contribution in [2.75, 3.05) is 6.54 Å². The predicted molar refractivity (Wildman–Crippen MR) is 78.6 cm³/mol. The molecule has 1 N–H and O–H groups in total. The number of aryl methyl sites for hydroxylation is 1. The van der Waals surface area contributed by atoms with Gasteiger partial charge in [-0.2, -0.15) is 0 Å². The summed E-state index contributed by atoms with van der Waals surface area (Å²) in [4.78, 5) is 0. The molecule has 0 saturated carbocycles. The molecule has 0 aliphatic carbocycles. The summed E-state index contributed by atoms with van der Waals surface area (Å²) in [6.45, 7) is 6.77. The lowest BCUT2D eigenvalue weighted by Crippen LogP contribution is -2.17. The van der Waals surface area contributed by atoms with Gasteiger partial charge in [-0.3, -0.25) is 4.68 Å². The third kappa shape index (κ3) is 5.01. The van der Waals surface area contributed by atoms with Crippen LogP contribution in [0.5, 0.6) is 5.75 Å². The van der Waals surface area contributed by atoms with Crippen molar-refractivity contribution in [1.29, 1.82) is 0 Å². The fourth-order valence-corrected chi connectivity index (χ4v) is 1.95. The fourth-order valence-electron chi connectivity index (χ4n) is 1.95. The third-order valence-corrected chi connectivity index (χ3v) is 2.81. The summed E-state index contributed by atoms with van der Waals surface area (Å²) in [7, 11) is 0. The summed E-state index contributed by atoms with van der Waals surface area (Å²) in [5.41, 5.74) is 1.24. The molecule has 0 atom stereocenters. The van der Waals surface area contributed by atoms with E-state index >= 15 is 0 Å². The van der Waals surface area contributed by atoms with Crippen LogP contribution in [-0.2, 0) is 13.1 Å². The van der Waals surface area contributed by atoms with Gasteiger partial charge in [0.2, 0.25) is 0 Å². The normalized spacial score (nSPS) is 10.9. The first-order valence-electron chi connectivity index (χ1n) is 7.04. The Hall–Kier alpha value is -1.88. The molecule has 20 heavy (non-hydrogen) atoms. The molecule has 0 aliphatic heterocycles. The van der Waals surface area contributed by atoms with Crippen molar-refractivity contribution in [2.45, 2.75) is 39.5 Å². The van der Waals surface area contributed by atoms with Crippen molar-refractivity contribution >= 4 is 0 Å². The van der Waals surface area contributed by atoms with Gasteiger partial charge in [0.15, 0.2) is 0 Å². The zero-order valence-electron chi connectivity index (χ0n) is 12.1. The molecule has 0 radical (unpaired) electrons. The van der Waals surface area contributed by atoms with Crippen molar-refractivity contribution < 1.29 is 4.74 Å². The van der Waals surface area contributed by atoms with Crippen LogP contribution in [0.3, 0.4) is 0 Å². The third-order valence-electron chi connectivity index (χ3n) is 2.81. The largest absolute Gasteiger partial charge is 0.491 e. The standard InChI is InChI=1S/C15H22N4O/c1-13(2)20-15-6-3-5-14(11-15)12-16-7-4-9-19-10-8-17-18-19/h3,5-6,8,10-11,13,16H,4,7,9,12H2,1-2H3. The topological polar surface area (TPSA) is 52.0 Å². The number of nitrogens with zero attached hydrogens (tertiary/aromatic N) is 3. The Morgan fingerprint density at radius 3 is 3.00 bits per heavy atom. The lowest BCUT2D eigenvalue weighted by Gasteiger charge is -2.11. The van der Waals surface area contributed by atoms with Crippen LogP contribution >= 0.6 is 0 Å². The molecule has 5 nitrogen and oxygen atoms in total. The van der Waals surface area contributed by atoms with Crippen molar-refractivity contribution in [3.8, 4) is 5.75 Å². The minimum atomic E-state index is 0.209. The van der Waals surface area contributed by atoms with Gasteiger partial charge in [-0.05, 0) is 44.5 Å². The molecule has 0 bridgehead atoms. The van der Waals surface area contributed by atoms with Crippen LogP contribution in [-0.4, -0.2) is 27.6 Å². The maximum atomic E-state index is 5.68. The monoisotopic (exact) mass is 274 g/mol. The lowest BCUT2D eigenvalue weighted by molar-refractivity contribution is 0.242. The second kappa shape index (κ2) is 7.65. The highest BCUT2D eigenvalue weighted by Gasteiger charge is 1.99. The molecule has 108 valence electrons. The van der Waals surface area contributed by atoms with Crippen molar-refractivity contribution in [3.63, 3.8) is 0 Å². The molecule has 1 aromatic carbocycles. The van der Waals surface area contributed by atoms with Crippen LogP contribution < -0.4 is 10.1 Å². The summed E-state index contributed by atoms with van der Waals surface area (Å²) in [5, 5.41) is 11.1. The molecular weight excluding hydrogens is 252 g/mol. The molecule has 0 saturated heterocycles. The Morgan fingerprint density at radius 2 is 2.25 bits per heavy atom. The summed E-state index contributed by atoms with van der Waals surface area (Å²) < 4.78 is 7.53. The molecule has 0 amide bonds. The number of aromatic nitrogens is 3. The predicted octanol–water partition coefficient (Wildman–Crippen LogP) is 2.25. The van der Waals surface area contributed by atoms with Crippen LogP contribution in [0, 0.1) is 0 Å². The fraction of sp³-hybridized carbons (Fsp3) is 0.467. The number of hydrogen-bond acceptors (Lipinski definition) is 4. The zero-order valence-corrected chi connectivity index (χ0v) is 12.1. The number of ether oxygens (including phenoxy) is 1. The second-order valence-electron chi connectivity index (χ2n) is 5.01. The summed E-state index contributed by atoms with van der Waals surface area (Å²) in [6, 6.07) is 8.22. The van der Waals surface area contributed by atoms with E-state index in [0.29, 0.717) is 0 Å². The van der Waals surface area contributed by atoms with Gasteiger partial charge in [0.1, 0.15) is 5.75 Å². The Bertz CT molecular complexity index is 496. The van der Waals surface area contributed by atoms with E-state index in [1.807, 2.05) is 36.9 Å². The van der Waals surface area contributed by atoms with Crippen LogP contribution in [0.15, 0.2) is 36.7 Å². The van der Waals surface area contributed by atoms with E-state index in [-0.39, 0.29) is 6.10 Å². The summed E-state index contributed by atoms with van der Waals surface area (Å²) >= 11 is 0. The molecule has 1 aromatic heterocycles. The minimum absolute atomic E-state index is 0.209. The Kier molecular flexibility index (Phi) is 5.55. The molecule has 1 heterocycles. The van der Waals surface area contributed by atoms with E-state index in [9.17, 15) is 0 Å². The molecule has 0 unspecified atom stereocenters. The van der Waals surface area contributed by atoms with Crippen LogP contribution in [0.4, 0.5) is 0 Å². The summed E-state index contributed by atoms with van der Waals surface area (Å²) in [6.07, 6.45) is 4.83. The zero-order chi connectivity index (χ0) is 14.2. The Morgan fingerprint density at radius 1 is 1.35 bits per heavy atom. The molecule has 0 aliphatic rings. The van der Waals surface area contributed by atoms with E-state index in [0.717, 1.165) is 31.8 Å². The van der Waals surface area contributed by atoms with E-state index in [4.69, 9.17) is 4.74 Å². The van der Waals surface area contributed by atoms with E-state index in [2.05, 4.69) is 27.8 Å². The SMILES string of the molecule is CC(C)Oc1cccc(CNCCCn2ccnn2)c1. The van der Waals surface area contributed by atoms with Gasteiger partial charge in [0.25, 0.3) is 0 Å². The first-order chi connectivity index (χ1) is 9.74. The summed E-state index contributed by atoms with van der Waals surface area (Å²) in [5.74, 6) is 0.932. The van der Waals surface area contributed by atoms with Crippen molar-refractivity contribution in [2.24, 2.45) is 0 Å². The quantitative estimate of drug-likeness (QED) is 0.750. The molecule has 5 heteroatoms. The molecule has 2 aromatic rings. The number of benzene rings is 1. The van der Waals surface area contributed by atoms with Gasteiger partial charge in [0, 0.05) is 19.3 Å². The van der Waals surface area contributed by atoms with E-state index in [1.54, 1.807) is 6.20 Å². The first kappa shape index (κ1) is 14.5. The second-order valence-corrected chi connectivity index (χ2v) is 5.01. The van der Waals surface area contributed by atoms with Gasteiger partial charge in [-0.1, -0.05) is 17.3 Å². The average molecular weight is 274 g/mol. The number of hydrogen-bond donors (Lipinski definition) is 1. The molecule has 2 rings (SSSR count). The van der Waals surface area contributed by atoms with Gasteiger partial charge < -0.3 is 10.1 Å². The highest BCUT2D eigenvalue weighted by Crippen LogP contribution is 2.14. The van der Waals surface area contributed by atoms with Crippen LogP contribution in [0.25, 0.3) is 0 Å². The minimum Gasteiger partial charge on any atom is -0.491 e. The van der Waals surface area contributed by atoms with Crippen LogP contribution in [0.2, 0.25) is 0 Å². The highest BCUT2D eigenvalue weighted by atomic mass is 16.5. The smallest absolute Gasteiger partial charge is 0.120 e. The lowest BCUT2D eigenvalue weighted by atomic mass is 10.2. The number of nitrogens with one attached hydrogen (secondary N) is 1. The molecule has 0 fully saturated rings. The van der Waals surface area contributed by atoms with Gasteiger partial charge in [-0.25, -0.2) is 0 Å². The first-order valence-corrected chi connectivity index (χ1v) is 7.04. The van der Waals surface area contributed by atoms with Gasteiger partial charge in [0.05, 0.1) is 12.3 Å². The van der Waals surface area contributed by atoms with E-state index in [1.165, 1.54) is 5.56 Å². The number of rotatable bonds is 8. The van der Waals surface area contributed by atoms with Crippen LogP contribution in [0.1, 0.15) is 25.8 Å². The van der Waals surface area contributed by atoms with Gasteiger partial charge in [-0.15, -0.1) is 5.10 Å².